The van der Waals surface area contributed by atoms with E-state index >= 15 is 0 Å². The average Bonchev–Trinajstić information content (AvgIpc) is 2.36. The molecule has 1 saturated heterocycles. The Bertz CT molecular complexity index is 315. The number of piperidine rings is 1. The van der Waals surface area contributed by atoms with E-state index in [-0.39, 0.29) is 5.92 Å². The lowest BCUT2D eigenvalue weighted by Crippen LogP contribution is -2.50. The highest BCUT2D eigenvalue weighted by Crippen LogP contribution is 2.32. The van der Waals surface area contributed by atoms with Crippen LogP contribution >= 0.6 is 0 Å². The maximum Gasteiger partial charge on any atom is 0.324 e. The highest BCUT2D eigenvalue weighted by atomic mass is 19.3. The second kappa shape index (κ2) is 6.07. The van der Waals surface area contributed by atoms with Crippen LogP contribution in [0.25, 0.3) is 0 Å². The molecule has 0 aromatic carbocycles. The third-order valence-corrected chi connectivity index (χ3v) is 3.71. The van der Waals surface area contributed by atoms with Crippen LogP contribution in [0.2, 0.25) is 0 Å². The largest absolute Gasteiger partial charge is 0.349 e. The Hall–Kier alpha value is -0.850. The maximum atomic E-state index is 12.8. The van der Waals surface area contributed by atoms with Crippen LogP contribution in [-0.4, -0.2) is 37.9 Å². The zero-order valence-corrected chi connectivity index (χ0v) is 11.1. The number of hydrogen-bond donors (Lipinski definition) is 2. The van der Waals surface area contributed by atoms with E-state index in [1.165, 1.54) is 0 Å². The first-order valence-electron chi connectivity index (χ1n) is 6.33. The Morgan fingerprint density at radius 3 is 2.53 bits per heavy atom. The second-order valence-corrected chi connectivity index (χ2v) is 5.51. The molecule has 19 heavy (non-hydrogen) atoms. The zero-order chi connectivity index (χ0) is 14.7. The number of hydrogen-bond acceptors (Lipinski definition) is 2. The van der Waals surface area contributed by atoms with Crippen LogP contribution in [0.5, 0.6) is 0 Å². The predicted molar refractivity (Wildman–Crippen MR) is 63.3 cm³/mol. The van der Waals surface area contributed by atoms with Gasteiger partial charge in [0.2, 0.25) is 5.91 Å². The molecular formula is C12H20F4N2O. The molecule has 7 heteroatoms. The lowest BCUT2D eigenvalue weighted by Gasteiger charge is -2.36. The van der Waals surface area contributed by atoms with Crippen molar-refractivity contribution in [3.8, 4) is 0 Å². The van der Waals surface area contributed by atoms with Gasteiger partial charge in [-0.15, -0.1) is 0 Å². The van der Waals surface area contributed by atoms with Gasteiger partial charge in [-0.05, 0) is 31.8 Å². The quantitative estimate of drug-likeness (QED) is 0.758. The molecule has 0 aliphatic carbocycles. The van der Waals surface area contributed by atoms with E-state index in [2.05, 4.69) is 5.32 Å². The molecule has 1 amide bonds. The van der Waals surface area contributed by atoms with Crippen molar-refractivity contribution in [3.05, 3.63) is 0 Å². The summed E-state index contributed by atoms with van der Waals surface area (Å²) in [7, 11) is 0. The number of nitrogens with one attached hydrogen (secondary N) is 2. The van der Waals surface area contributed by atoms with Crippen LogP contribution in [0.1, 0.15) is 26.7 Å². The summed E-state index contributed by atoms with van der Waals surface area (Å²) < 4.78 is 49.5. The Labute approximate surface area is 110 Å². The molecule has 112 valence electrons. The Balaban J connectivity index is 2.56. The number of halogens is 4. The van der Waals surface area contributed by atoms with Crippen LogP contribution in [0.3, 0.4) is 0 Å². The third kappa shape index (κ3) is 4.06. The minimum Gasteiger partial charge on any atom is -0.349 e. The molecule has 1 unspecified atom stereocenters. The molecule has 0 spiro atoms. The van der Waals surface area contributed by atoms with E-state index in [4.69, 9.17) is 0 Å². The Morgan fingerprint density at radius 1 is 1.42 bits per heavy atom. The van der Waals surface area contributed by atoms with Crippen molar-refractivity contribution in [2.45, 2.75) is 39.0 Å². The summed E-state index contributed by atoms with van der Waals surface area (Å²) in [6.45, 7) is 3.48. The van der Waals surface area contributed by atoms with Crippen molar-refractivity contribution in [2.75, 3.05) is 19.6 Å². The van der Waals surface area contributed by atoms with Gasteiger partial charge in [0.15, 0.2) is 0 Å². The van der Waals surface area contributed by atoms with E-state index < -0.39 is 30.2 Å². The van der Waals surface area contributed by atoms with Gasteiger partial charge in [-0.25, -0.2) is 8.78 Å². The van der Waals surface area contributed by atoms with Crippen molar-refractivity contribution in [1.82, 2.24) is 10.6 Å². The lowest BCUT2D eigenvalue weighted by molar-refractivity contribution is -0.143. The molecule has 0 radical (unpaired) electrons. The van der Waals surface area contributed by atoms with Crippen molar-refractivity contribution < 1.29 is 22.4 Å². The van der Waals surface area contributed by atoms with E-state index in [1.54, 1.807) is 13.8 Å². The molecule has 2 N–H and O–H groups in total. The van der Waals surface area contributed by atoms with Gasteiger partial charge < -0.3 is 10.6 Å². The fourth-order valence-corrected chi connectivity index (χ4v) is 2.16. The van der Waals surface area contributed by atoms with E-state index in [1.807, 2.05) is 5.32 Å². The van der Waals surface area contributed by atoms with Gasteiger partial charge in [-0.2, -0.15) is 8.78 Å². The summed E-state index contributed by atoms with van der Waals surface area (Å²) in [5.74, 6) is -4.78. The van der Waals surface area contributed by atoms with Crippen molar-refractivity contribution in [3.63, 3.8) is 0 Å². The summed E-state index contributed by atoms with van der Waals surface area (Å²) in [4.78, 5) is 11.9. The average molecular weight is 284 g/mol. The zero-order valence-electron chi connectivity index (χ0n) is 11.1. The highest BCUT2D eigenvalue weighted by molar-refractivity contribution is 5.82. The summed E-state index contributed by atoms with van der Waals surface area (Å²) in [5.41, 5.74) is -0.856. The van der Waals surface area contributed by atoms with Gasteiger partial charge in [0.05, 0.1) is 6.54 Å². The normalized spacial score (nSPS) is 21.5. The molecule has 1 heterocycles. The predicted octanol–water partition coefficient (Wildman–Crippen LogP) is 2.03. The van der Waals surface area contributed by atoms with Crippen molar-refractivity contribution >= 4 is 5.91 Å². The standard InChI is InChI=1S/C12H20F4N2O/c1-11(2,8-4-3-5-17-6-8)10(19)18-7-12(15,16)9(13)14/h8-9,17H,3-7H2,1-2H3,(H,18,19). The molecule has 3 nitrogen and oxygen atoms in total. The third-order valence-electron chi connectivity index (χ3n) is 3.71. The van der Waals surface area contributed by atoms with E-state index in [9.17, 15) is 22.4 Å². The van der Waals surface area contributed by atoms with E-state index in [0.29, 0.717) is 6.54 Å². The fourth-order valence-electron chi connectivity index (χ4n) is 2.16. The SMILES string of the molecule is CC(C)(C(=O)NCC(F)(F)C(F)F)C1CCCNC1. The maximum absolute atomic E-state index is 12.8. The lowest BCUT2D eigenvalue weighted by atomic mass is 9.74. The Kier molecular flexibility index (Phi) is 5.18. The van der Waals surface area contributed by atoms with Crippen LogP contribution in [-0.2, 0) is 4.79 Å². The fraction of sp³-hybridized carbons (Fsp3) is 0.917. The number of carbonyl (C=O) groups is 1. The first-order chi connectivity index (χ1) is 8.68. The molecule has 1 atom stereocenters. The molecule has 0 bridgehead atoms. The topological polar surface area (TPSA) is 41.1 Å². The summed E-state index contributed by atoms with van der Waals surface area (Å²) in [6, 6.07) is 0. The van der Waals surface area contributed by atoms with Crippen LogP contribution in [0.4, 0.5) is 17.6 Å². The number of carbonyl (C=O) groups excluding carboxylic acids is 1. The van der Waals surface area contributed by atoms with Gasteiger partial charge in [-0.3, -0.25) is 4.79 Å². The smallest absolute Gasteiger partial charge is 0.324 e. The molecule has 1 aliphatic rings. The van der Waals surface area contributed by atoms with Gasteiger partial charge in [0.1, 0.15) is 0 Å². The molecule has 0 aromatic heterocycles. The minimum atomic E-state index is -4.18. The summed E-state index contributed by atoms with van der Waals surface area (Å²) in [6.07, 6.45) is -2.04. The first-order valence-corrected chi connectivity index (χ1v) is 6.33. The first kappa shape index (κ1) is 16.2. The molecule has 0 saturated carbocycles. The van der Waals surface area contributed by atoms with Crippen LogP contribution in [0.15, 0.2) is 0 Å². The number of alkyl halides is 4. The molecule has 0 aromatic rings. The van der Waals surface area contributed by atoms with Gasteiger partial charge in [-0.1, -0.05) is 13.8 Å². The summed E-state index contributed by atoms with van der Waals surface area (Å²) in [5, 5.41) is 5.08. The molecule has 1 rings (SSSR count). The number of rotatable bonds is 5. The molecule has 1 aliphatic heterocycles. The molecule has 1 fully saturated rings. The van der Waals surface area contributed by atoms with Crippen LogP contribution < -0.4 is 10.6 Å². The molecular weight excluding hydrogens is 264 g/mol. The van der Waals surface area contributed by atoms with Crippen LogP contribution in [0, 0.1) is 11.3 Å². The number of amides is 1. The van der Waals surface area contributed by atoms with Crippen molar-refractivity contribution in [2.24, 2.45) is 11.3 Å². The van der Waals surface area contributed by atoms with E-state index in [0.717, 1.165) is 19.4 Å². The van der Waals surface area contributed by atoms with Crippen molar-refractivity contribution in [1.29, 1.82) is 0 Å². The highest BCUT2D eigenvalue weighted by Gasteiger charge is 2.43. The van der Waals surface area contributed by atoms with Gasteiger partial charge in [0.25, 0.3) is 0 Å². The second-order valence-electron chi connectivity index (χ2n) is 5.51. The summed E-state index contributed by atoms with van der Waals surface area (Å²) >= 11 is 0. The minimum absolute atomic E-state index is 0.0152. The van der Waals surface area contributed by atoms with Gasteiger partial charge in [0, 0.05) is 5.41 Å². The monoisotopic (exact) mass is 284 g/mol. The van der Waals surface area contributed by atoms with Gasteiger partial charge >= 0.3 is 12.3 Å². The Morgan fingerprint density at radius 2 is 2.05 bits per heavy atom.